The van der Waals surface area contributed by atoms with Gasteiger partial charge in [0.05, 0.1) is 19.1 Å². The van der Waals surface area contributed by atoms with Crippen LogP contribution in [0.1, 0.15) is 25.0 Å². The van der Waals surface area contributed by atoms with Crippen LogP contribution in [-0.4, -0.2) is 57.6 Å². The SMILES string of the molecule is COc1cccc(N(CC(=O)N(Cc2c(Cl)cccc2Cl)[C@@H](Cc2ccccc2)C(=O)NCC(C)C)S(C)(=O)=O)c1. The summed E-state index contributed by atoms with van der Waals surface area (Å²) in [6, 6.07) is 19.7. The maximum absolute atomic E-state index is 14.2. The van der Waals surface area contributed by atoms with Crippen LogP contribution >= 0.6 is 23.2 Å². The topological polar surface area (TPSA) is 96.0 Å². The van der Waals surface area contributed by atoms with Gasteiger partial charge in [-0.05, 0) is 35.7 Å². The number of amides is 2. The van der Waals surface area contributed by atoms with Gasteiger partial charge in [0.15, 0.2) is 0 Å². The third-order valence-corrected chi connectivity index (χ3v) is 8.22. The molecule has 2 amide bonds. The summed E-state index contributed by atoms with van der Waals surface area (Å²) in [7, 11) is -2.44. The van der Waals surface area contributed by atoms with Gasteiger partial charge in [-0.25, -0.2) is 8.42 Å². The van der Waals surface area contributed by atoms with Crippen molar-refractivity contribution in [1.29, 1.82) is 0 Å². The average molecular weight is 621 g/mol. The van der Waals surface area contributed by atoms with Crippen molar-refractivity contribution in [3.05, 3.63) is 94.0 Å². The second kappa shape index (κ2) is 14.6. The van der Waals surface area contributed by atoms with E-state index in [0.717, 1.165) is 16.1 Å². The Bertz CT molecular complexity index is 1430. The fourth-order valence-electron chi connectivity index (χ4n) is 4.21. The number of ether oxygens (including phenoxy) is 1. The summed E-state index contributed by atoms with van der Waals surface area (Å²) in [5.74, 6) is -0.369. The summed E-state index contributed by atoms with van der Waals surface area (Å²) in [6.45, 7) is 3.67. The first kappa shape index (κ1) is 32.2. The number of hydrogen-bond acceptors (Lipinski definition) is 5. The highest BCUT2D eigenvalue weighted by Crippen LogP contribution is 2.28. The Morgan fingerprint density at radius 1 is 0.951 bits per heavy atom. The largest absolute Gasteiger partial charge is 0.497 e. The molecule has 0 heterocycles. The quantitative estimate of drug-likeness (QED) is 0.284. The summed E-state index contributed by atoms with van der Waals surface area (Å²) in [5.41, 5.74) is 1.53. The van der Waals surface area contributed by atoms with E-state index in [4.69, 9.17) is 27.9 Å². The monoisotopic (exact) mass is 619 g/mol. The Labute approximate surface area is 252 Å². The van der Waals surface area contributed by atoms with Crippen LogP contribution in [0.2, 0.25) is 10.0 Å². The average Bonchev–Trinajstić information content (AvgIpc) is 2.93. The van der Waals surface area contributed by atoms with Gasteiger partial charge in [0.25, 0.3) is 0 Å². The van der Waals surface area contributed by atoms with Crippen molar-refractivity contribution in [1.82, 2.24) is 10.2 Å². The van der Waals surface area contributed by atoms with E-state index < -0.39 is 28.5 Å². The first-order chi connectivity index (χ1) is 19.4. The molecule has 0 bridgehead atoms. The van der Waals surface area contributed by atoms with E-state index in [1.54, 1.807) is 36.4 Å². The molecule has 0 saturated heterocycles. The van der Waals surface area contributed by atoms with Gasteiger partial charge in [0.1, 0.15) is 18.3 Å². The number of sulfonamides is 1. The summed E-state index contributed by atoms with van der Waals surface area (Å²) < 4.78 is 32.1. The molecular weight excluding hydrogens is 585 g/mol. The van der Waals surface area contributed by atoms with Crippen LogP contribution in [0.4, 0.5) is 5.69 Å². The van der Waals surface area contributed by atoms with Gasteiger partial charge in [-0.2, -0.15) is 0 Å². The molecule has 3 rings (SSSR count). The van der Waals surface area contributed by atoms with E-state index in [9.17, 15) is 18.0 Å². The number of rotatable bonds is 13. The van der Waals surface area contributed by atoms with E-state index in [1.807, 2.05) is 44.2 Å². The molecule has 0 unspecified atom stereocenters. The smallest absolute Gasteiger partial charge is 0.244 e. The fraction of sp³-hybridized carbons (Fsp3) is 0.333. The molecule has 0 aliphatic heterocycles. The molecule has 1 N–H and O–H groups in total. The zero-order valence-corrected chi connectivity index (χ0v) is 25.8. The van der Waals surface area contributed by atoms with Gasteiger partial charge < -0.3 is 15.0 Å². The first-order valence-electron chi connectivity index (χ1n) is 13.1. The Morgan fingerprint density at radius 3 is 2.17 bits per heavy atom. The van der Waals surface area contributed by atoms with Gasteiger partial charge in [0.2, 0.25) is 21.8 Å². The number of benzene rings is 3. The van der Waals surface area contributed by atoms with Crippen molar-refractivity contribution in [2.24, 2.45) is 5.92 Å². The predicted molar refractivity (Wildman–Crippen MR) is 164 cm³/mol. The normalized spacial score (nSPS) is 12.1. The molecule has 0 aliphatic carbocycles. The van der Waals surface area contributed by atoms with Crippen LogP contribution in [0, 0.1) is 5.92 Å². The van der Waals surface area contributed by atoms with Gasteiger partial charge >= 0.3 is 0 Å². The third-order valence-electron chi connectivity index (χ3n) is 6.37. The van der Waals surface area contributed by atoms with Gasteiger partial charge in [-0.1, -0.05) is 79.5 Å². The lowest BCUT2D eigenvalue weighted by Crippen LogP contribution is -2.53. The maximum atomic E-state index is 14.2. The van der Waals surface area contributed by atoms with E-state index in [-0.39, 0.29) is 30.5 Å². The zero-order valence-electron chi connectivity index (χ0n) is 23.5. The lowest BCUT2D eigenvalue weighted by Gasteiger charge is -2.34. The lowest BCUT2D eigenvalue weighted by molar-refractivity contribution is -0.140. The van der Waals surface area contributed by atoms with Crippen molar-refractivity contribution in [3.63, 3.8) is 0 Å². The third kappa shape index (κ3) is 9.11. The number of nitrogens with zero attached hydrogens (tertiary/aromatic N) is 2. The van der Waals surface area contributed by atoms with Crippen LogP contribution in [0.25, 0.3) is 0 Å². The standard InChI is InChI=1S/C30H35Cl2N3O5S/c1-21(2)18-33-30(37)28(16-22-10-6-5-7-11-22)34(19-25-26(31)14-9-15-27(25)32)29(36)20-35(41(4,38)39)23-12-8-13-24(17-23)40-3/h5-15,17,21,28H,16,18-20H2,1-4H3,(H,33,37)/t28-/m0/s1. The molecule has 0 fully saturated rings. The molecule has 3 aromatic rings. The van der Waals surface area contributed by atoms with Crippen molar-refractivity contribution in [2.75, 3.05) is 30.8 Å². The van der Waals surface area contributed by atoms with Gasteiger partial charge in [-0.15, -0.1) is 0 Å². The zero-order chi connectivity index (χ0) is 30.2. The predicted octanol–water partition coefficient (Wildman–Crippen LogP) is 5.18. The van der Waals surface area contributed by atoms with E-state index in [0.29, 0.717) is 27.9 Å². The summed E-state index contributed by atoms with van der Waals surface area (Å²) in [4.78, 5) is 29.2. The van der Waals surface area contributed by atoms with Gasteiger partial charge in [-0.3, -0.25) is 13.9 Å². The van der Waals surface area contributed by atoms with Crippen LogP contribution < -0.4 is 14.4 Å². The molecule has 0 spiro atoms. The molecule has 0 aliphatic rings. The number of carbonyl (C=O) groups excluding carboxylic acids is 2. The number of anilines is 1. The van der Waals surface area contributed by atoms with Crippen LogP contribution in [0.15, 0.2) is 72.8 Å². The summed E-state index contributed by atoms with van der Waals surface area (Å²) >= 11 is 13.0. The molecule has 0 saturated carbocycles. The minimum absolute atomic E-state index is 0.111. The highest BCUT2D eigenvalue weighted by Gasteiger charge is 2.34. The molecule has 41 heavy (non-hydrogen) atoms. The lowest BCUT2D eigenvalue weighted by atomic mass is 10.0. The van der Waals surface area contributed by atoms with Crippen molar-refractivity contribution >= 4 is 50.7 Å². The van der Waals surface area contributed by atoms with E-state index in [1.165, 1.54) is 18.1 Å². The molecule has 220 valence electrons. The Kier molecular flexibility index (Phi) is 11.5. The Morgan fingerprint density at radius 2 is 1.59 bits per heavy atom. The van der Waals surface area contributed by atoms with Crippen molar-refractivity contribution in [2.45, 2.75) is 32.9 Å². The van der Waals surface area contributed by atoms with Gasteiger partial charge in [0, 0.05) is 41.2 Å². The molecule has 0 radical (unpaired) electrons. The number of nitrogens with one attached hydrogen (secondary N) is 1. The number of carbonyl (C=O) groups is 2. The number of halogens is 2. The van der Waals surface area contributed by atoms with E-state index >= 15 is 0 Å². The van der Waals surface area contributed by atoms with Crippen LogP contribution in [0.5, 0.6) is 5.75 Å². The molecule has 3 aromatic carbocycles. The molecule has 8 nitrogen and oxygen atoms in total. The molecular formula is C30H35Cl2N3O5S. The molecule has 11 heteroatoms. The maximum Gasteiger partial charge on any atom is 0.244 e. The fourth-order valence-corrected chi connectivity index (χ4v) is 5.57. The van der Waals surface area contributed by atoms with Crippen molar-refractivity contribution < 1.29 is 22.7 Å². The van der Waals surface area contributed by atoms with Crippen LogP contribution in [0.3, 0.4) is 0 Å². The summed E-state index contributed by atoms with van der Waals surface area (Å²) in [6.07, 6.45) is 1.21. The minimum Gasteiger partial charge on any atom is -0.497 e. The molecule has 0 aromatic heterocycles. The highest BCUT2D eigenvalue weighted by molar-refractivity contribution is 7.92. The Hall–Kier alpha value is -3.27. The minimum atomic E-state index is -3.91. The second-order valence-electron chi connectivity index (χ2n) is 10.0. The Balaban J connectivity index is 2.10. The summed E-state index contributed by atoms with van der Waals surface area (Å²) in [5, 5.41) is 3.58. The van der Waals surface area contributed by atoms with Crippen LogP contribution in [-0.2, 0) is 32.6 Å². The van der Waals surface area contributed by atoms with Crippen molar-refractivity contribution in [3.8, 4) is 5.75 Å². The highest BCUT2D eigenvalue weighted by atomic mass is 35.5. The first-order valence-corrected chi connectivity index (χ1v) is 15.7. The second-order valence-corrected chi connectivity index (χ2v) is 12.8. The number of methoxy groups -OCH3 is 1. The van der Waals surface area contributed by atoms with E-state index in [2.05, 4.69) is 5.32 Å². The molecule has 1 atom stereocenters. The number of hydrogen-bond donors (Lipinski definition) is 1.